The van der Waals surface area contributed by atoms with E-state index in [1.54, 1.807) is 12.3 Å². The molecule has 0 N–H and O–H groups in total. The Kier molecular flexibility index (Phi) is 4.11. The number of anilines is 1. The average Bonchev–Trinajstić information content (AvgIpc) is 2.29. The fraction of sp³-hybridized carbons (Fsp3) is 0.167. The van der Waals surface area contributed by atoms with Crippen LogP contribution < -0.4 is 4.90 Å². The lowest BCUT2D eigenvalue weighted by Gasteiger charge is -2.21. The minimum atomic E-state index is 0.422. The first-order valence-corrected chi connectivity index (χ1v) is 4.64. The lowest BCUT2D eigenvalue weighted by Crippen LogP contribution is -2.23. The van der Waals surface area contributed by atoms with Gasteiger partial charge in [0.15, 0.2) is 0 Å². The highest BCUT2D eigenvalue weighted by molar-refractivity contribution is 5.49. The van der Waals surface area contributed by atoms with Crippen molar-refractivity contribution in [2.45, 2.75) is 0 Å². The Morgan fingerprint density at radius 3 is 2.60 bits per heavy atom. The minimum Gasteiger partial charge on any atom is -0.364 e. The highest BCUT2D eigenvalue weighted by atomic mass is 15.1. The van der Waals surface area contributed by atoms with Gasteiger partial charge < -0.3 is 4.90 Å². The SMILES string of the molecule is C=CCN(CC=C)c1ccnc(C#N)c1. The van der Waals surface area contributed by atoms with Crippen molar-refractivity contribution in [2.24, 2.45) is 0 Å². The molecule has 1 aromatic rings. The maximum atomic E-state index is 8.73. The van der Waals surface area contributed by atoms with Gasteiger partial charge in [0.05, 0.1) is 0 Å². The molecule has 15 heavy (non-hydrogen) atoms. The Morgan fingerprint density at radius 1 is 1.40 bits per heavy atom. The normalized spacial score (nSPS) is 9.00. The van der Waals surface area contributed by atoms with E-state index in [-0.39, 0.29) is 0 Å². The highest BCUT2D eigenvalue weighted by Crippen LogP contribution is 2.13. The zero-order chi connectivity index (χ0) is 11.1. The molecule has 0 radical (unpaired) electrons. The van der Waals surface area contributed by atoms with E-state index in [2.05, 4.69) is 23.0 Å². The summed E-state index contributed by atoms with van der Waals surface area (Å²) in [6.45, 7) is 8.83. The third-order valence-electron chi connectivity index (χ3n) is 1.92. The van der Waals surface area contributed by atoms with Crippen molar-refractivity contribution in [3.63, 3.8) is 0 Å². The smallest absolute Gasteiger partial charge is 0.142 e. The number of rotatable bonds is 5. The van der Waals surface area contributed by atoms with Gasteiger partial charge in [-0.25, -0.2) is 4.98 Å². The van der Waals surface area contributed by atoms with E-state index in [0.717, 1.165) is 18.8 Å². The molecule has 1 aromatic heterocycles. The van der Waals surface area contributed by atoms with Crippen molar-refractivity contribution in [2.75, 3.05) is 18.0 Å². The van der Waals surface area contributed by atoms with Gasteiger partial charge in [0, 0.05) is 25.0 Å². The van der Waals surface area contributed by atoms with Crippen LogP contribution in [0.1, 0.15) is 5.69 Å². The first kappa shape index (κ1) is 11.0. The van der Waals surface area contributed by atoms with Crippen LogP contribution in [0.3, 0.4) is 0 Å². The van der Waals surface area contributed by atoms with Crippen molar-refractivity contribution in [3.05, 3.63) is 49.3 Å². The van der Waals surface area contributed by atoms with E-state index in [1.165, 1.54) is 0 Å². The zero-order valence-electron chi connectivity index (χ0n) is 8.56. The number of nitriles is 1. The van der Waals surface area contributed by atoms with Crippen LogP contribution in [0.4, 0.5) is 5.69 Å². The van der Waals surface area contributed by atoms with Crippen LogP contribution >= 0.6 is 0 Å². The summed E-state index contributed by atoms with van der Waals surface area (Å²) in [7, 11) is 0. The predicted molar refractivity (Wildman–Crippen MR) is 61.6 cm³/mol. The van der Waals surface area contributed by atoms with E-state index in [9.17, 15) is 0 Å². The monoisotopic (exact) mass is 199 g/mol. The molecule has 0 aliphatic carbocycles. The molecule has 3 nitrogen and oxygen atoms in total. The predicted octanol–water partition coefficient (Wildman–Crippen LogP) is 2.13. The van der Waals surface area contributed by atoms with Crippen LogP contribution in [-0.4, -0.2) is 18.1 Å². The molecule has 0 unspecified atom stereocenters. The molecule has 0 spiro atoms. The van der Waals surface area contributed by atoms with Crippen LogP contribution in [0.5, 0.6) is 0 Å². The first-order valence-electron chi connectivity index (χ1n) is 4.64. The second-order valence-corrected chi connectivity index (χ2v) is 2.99. The van der Waals surface area contributed by atoms with Crippen molar-refractivity contribution < 1.29 is 0 Å². The molecule has 76 valence electrons. The van der Waals surface area contributed by atoms with Crippen LogP contribution in [0, 0.1) is 11.3 Å². The fourth-order valence-electron chi connectivity index (χ4n) is 1.27. The van der Waals surface area contributed by atoms with Gasteiger partial charge in [0.25, 0.3) is 0 Å². The summed E-state index contributed by atoms with van der Waals surface area (Å²) < 4.78 is 0. The summed E-state index contributed by atoms with van der Waals surface area (Å²) in [6.07, 6.45) is 5.26. The molecule has 0 atom stereocenters. The summed E-state index contributed by atoms with van der Waals surface area (Å²) in [5.74, 6) is 0. The zero-order valence-corrected chi connectivity index (χ0v) is 8.56. The summed E-state index contributed by atoms with van der Waals surface area (Å²) >= 11 is 0. The van der Waals surface area contributed by atoms with Crippen molar-refractivity contribution in [3.8, 4) is 6.07 Å². The number of pyridine rings is 1. The molecule has 1 rings (SSSR count). The first-order chi connectivity index (χ1) is 7.31. The Hall–Kier alpha value is -2.08. The van der Waals surface area contributed by atoms with Crippen molar-refractivity contribution in [1.82, 2.24) is 4.98 Å². The summed E-state index contributed by atoms with van der Waals surface area (Å²) in [5.41, 5.74) is 1.38. The maximum Gasteiger partial charge on any atom is 0.142 e. The van der Waals surface area contributed by atoms with Gasteiger partial charge in [-0.3, -0.25) is 0 Å². The third-order valence-corrected chi connectivity index (χ3v) is 1.92. The van der Waals surface area contributed by atoms with E-state index < -0.39 is 0 Å². The van der Waals surface area contributed by atoms with Gasteiger partial charge in [-0.15, -0.1) is 13.2 Å². The van der Waals surface area contributed by atoms with Gasteiger partial charge in [0.2, 0.25) is 0 Å². The highest BCUT2D eigenvalue weighted by Gasteiger charge is 2.03. The average molecular weight is 199 g/mol. The molecule has 0 saturated heterocycles. The number of hydrogen-bond donors (Lipinski definition) is 0. The quantitative estimate of drug-likeness (QED) is 0.682. The standard InChI is InChI=1S/C12H13N3/c1-3-7-15(8-4-2)12-5-6-14-11(9-12)10-13/h3-6,9H,1-2,7-8H2. The molecule has 0 amide bonds. The van der Waals surface area contributed by atoms with Crippen molar-refractivity contribution >= 4 is 5.69 Å². The van der Waals surface area contributed by atoms with E-state index in [0.29, 0.717) is 5.69 Å². The maximum absolute atomic E-state index is 8.73. The van der Waals surface area contributed by atoms with E-state index in [1.807, 2.05) is 24.3 Å². The second-order valence-electron chi connectivity index (χ2n) is 2.99. The Morgan fingerprint density at radius 2 is 2.07 bits per heavy atom. The van der Waals surface area contributed by atoms with Crippen LogP contribution in [0.15, 0.2) is 43.6 Å². The molecular weight excluding hydrogens is 186 g/mol. The van der Waals surface area contributed by atoms with Crippen LogP contribution in [0.25, 0.3) is 0 Å². The molecule has 0 aromatic carbocycles. The largest absolute Gasteiger partial charge is 0.364 e. The van der Waals surface area contributed by atoms with Gasteiger partial charge in [0.1, 0.15) is 11.8 Å². The molecule has 0 bridgehead atoms. The topological polar surface area (TPSA) is 39.9 Å². The Balaban J connectivity index is 2.94. The third kappa shape index (κ3) is 2.96. The molecule has 0 fully saturated rings. The molecule has 0 saturated carbocycles. The van der Waals surface area contributed by atoms with Gasteiger partial charge in [-0.1, -0.05) is 12.2 Å². The summed E-state index contributed by atoms with van der Waals surface area (Å²) in [4.78, 5) is 5.98. The van der Waals surface area contributed by atoms with E-state index in [4.69, 9.17) is 5.26 Å². The lowest BCUT2D eigenvalue weighted by molar-refractivity contribution is 0.952. The molecule has 1 heterocycles. The molecular formula is C12H13N3. The fourth-order valence-corrected chi connectivity index (χ4v) is 1.27. The molecule has 0 aliphatic rings. The summed E-state index contributed by atoms with van der Waals surface area (Å²) in [5, 5.41) is 8.73. The van der Waals surface area contributed by atoms with Gasteiger partial charge in [-0.05, 0) is 12.1 Å². The molecule has 0 aliphatic heterocycles. The lowest BCUT2D eigenvalue weighted by atomic mass is 10.3. The minimum absolute atomic E-state index is 0.422. The Labute approximate surface area is 90.0 Å². The number of aromatic nitrogens is 1. The van der Waals surface area contributed by atoms with Crippen molar-refractivity contribution in [1.29, 1.82) is 5.26 Å². The molecule has 3 heteroatoms. The Bertz CT molecular complexity index is 380. The van der Waals surface area contributed by atoms with Gasteiger partial charge >= 0.3 is 0 Å². The van der Waals surface area contributed by atoms with Crippen LogP contribution in [-0.2, 0) is 0 Å². The van der Waals surface area contributed by atoms with Gasteiger partial charge in [-0.2, -0.15) is 5.26 Å². The van der Waals surface area contributed by atoms with Crippen LogP contribution in [0.2, 0.25) is 0 Å². The summed E-state index contributed by atoms with van der Waals surface area (Å²) in [6, 6.07) is 5.64. The number of nitrogens with zero attached hydrogens (tertiary/aromatic N) is 3. The number of hydrogen-bond acceptors (Lipinski definition) is 3. The second kappa shape index (κ2) is 5.61. The van der Waals surface area contributed by atoms with E-state index >= 15 is 0 Å².